The van der Waals surface area contributed by atoms with Gasteiger partial charge in [-0.25, -0.2) is 0 Å². The molecule has 90 valence electrons. The van der Waals surface area contributed by atoms with Crippen LogP contribution in [0.1, 0.15) is 32.0 Å². The van der Waals surface area contributed by atoms with Crippen molar-refractivity contribution in [2.75, 3.05) is 12.3 Å². The Morgan fingerprint density at radius 2 is 2.06 bits per heavy atom. The monoisotopic (exact) mass is 238 g/mol. The number of hydrogen-bond donors (Lipinski definition) is 1. The Kier molecular flexibility index (Phi) is 5.29. The standard InChI is InChI=1S/C13H22N2S/c1-13(2,3)10-16-9-12-5-4-11(6-7-14)8-15-12/h4-5,8H,6-7,9-10,14H2,1-3H3. The molecule has 16 heavy (non-hydrogen) atoms. The predicted octanol–water partition coefficient (Wildman–Crippen LogP) is 2.86. The van der Waals surface area contributed by atoms with Crippen LogP contribution < -0.4 is 5.73 Å². The molecule has 2 N–H and O–H groups in total. The quantitative estimate of drug-likeness (QED) is 0.857. The van der Waals surface area contributed by atoms with Crippen LogP contribution in [-0.4, -0.2) is 17.3 Å². The van der Waals surface area contributed by atoms with Gasteiger partial charge in [-0.2, -0.15) is 11.8 Å². The number of aromatic nitrogens is 1. The molecule has 0 aromatic carbocycles. The van der Waals surface area contributed by atoms with E-state index in [9.17, 15) is 0 Å². The van der Waals surface area contributed by atoms with Gasteiger partial charge in [-0.1, -0.05) is 26.8 Å². The van der Waals surface area contributed by atoms with Crippen LogP contribution in [-0.2, 0) is 12.2 Å². The molecule has 1 aromatic heterocycles. The van der Waals surface area contributed by atoms with E-state index >= 15 is 0 Å². The van der Waals surface area contributed by atoms with Crippen molar-refractivity contribution < 1.29 is 0 Å². The lowest BCUT2D eigenvalue weighted by Gasteiger charge is -2.16. The summed E-state index contributed by atoms with van der Waals surface area (Å²) in [4.78, 5) is 4.44. The second kappa shape index (κ2) is 6.26. The molecule has 1 heterocycles. The highest BCUT2D eigenvalue weighted by molar-refractivity contribution is 7.98. The first kappa shape index (κ1) is 13.5. The average molecular weight is 238 g/mol. The number of rotatable bonds is 5. The van der Waals surface area contributed by atoms with Crippen LogP contribution in [0.2, 0.25) is 0 Å². The van der Waals surface area contributed by atoms with Crippen molar-refractivity contribution in [2.45, 2.75) is 32.9 Å². The van der Waals surface area contributed by atoms with Gasteiger partial charge in [0, 0.05) is 11.9 Å². The SMILES string of the molecule is CC(C)(C)CSCc1ccc(CCN)cn1. The molecule has 0 amide bonds. The van der Waals surface area contributed by atoms with Gasteiger partial charge in [0.25, 0.3) is 0 Å². The summed E-state index contributed by atoms with van der Waals surface area (Å²) < 4.78 is 0. The van der Waals surface area contributed by atoms with E-state index in [4.69, 9.17) is 5.73 Å². The minimum atomic E-state index is 0.393. The van der Waals surface area contributed by atoms with Gasteiger partial charge in [0.2, 0.25) is 0 Å². The molecular formula is C13H22N2S. The Labute approximate surface area is 103 Å². The number of pyridine rings is 1. The highest BCUT2D eigenvalue weighted by atomic mass is 32.2. The first-order chi connectivity index (χ1) is 7.51. The Balaban J connectivity index is 2.37. The van der Waals surface area contributed by atoms with E-state index in [0.29, 0.717) is 12.0 Å². The zero-order valence-corrected chi connectivity index (χ0v) is 11.3. The van der Waals surface area contributed by atoms with Gasteiger partial charge >= 0.3 is 0 Å². The third-order valence-corrected chi connectivity index (χ3v) is 3.67. The first-order valence-electron chi connectivity index (χ1n) is 5.73. The maximum Gasteiger partial charge on any atom is 0.0502 e. The van der Waals surface area contributed by atoms with Gasteiger partial charge in [0.05, 0.1) is 5.69 Å². The summed E-state index contributed by atoms with van der Waals surface area (Å²) in [6.07, 6.45) is 2.86. The molecule has 0 spiro atoms. The zero-order chi connectivity index (χ0) is 12.0. The van der Waals surface area contributed by atoms with Crippen LogP contribution in [0.5, 0.6) is 0 Å². The molecular weight excluding hydrogens is 216 g/mol. The zero-order valence-electron chi connectivity index (χ0n) is 10.5. The van der Waals surface area contributed by atoms with Crippen molar-refractivity contribution in [1.82, 2.24) is 4.98 Å². The van der Waals surface area contributed by atoms with Gasteiger partial charge in [-0.3, -0.25) is 4.98 Å². The number of nitrogens with two attached hydrogens (primary N) is 1. The summed E-state index contributed by atoms with van der Waals surface area (Å²) in [6.45, 7) is 7.48. The molecule has 1 rings (SSSR count). The molecule has 0 bridgehead atoms. The normalized spacial score (nSPS) is 11.8. The fraction of sp³-hybridized carbons (Fsp3) is 0.615. The van der Waals surface area contributed by atoms with Crippen LogP contribution in [0.3, 0.4) is 0 Å². The van der Waals surface area contributed by atoms with Gasteiger partial charge in [-0.05, 0) is 35.8 Å². The maximum atomic E-state index is 5.49. The van der Waals surface area contributed by atoms with Crippen LogP contribution in [0.15, 0.2) is 18.3 Å². The Morgan fingerprint density at radius 3 is 2.56 bits per heavy atom. The van der Waals surface area contributed by atoms with Crippen molar-refractivity contribution in [2.24, 2.45) is 11.1 Å². The Hall–Kier alpha value is -0.540. The summed E-state index contributed by atoms with van der Waals surface area (Å²) in [5.74, 6) is 2.17. The lowest BCUT2D eigenvalue weighted by Crippen LogP contribution is -2.08. The van der Waals surface area contributed by atoms with E-state index in [1.54, 1.807) is 0 Å². The summed E-state index contributed by atoms with van der Waals surface area (Å²) in [5.41, 5.74) is 8.28. The van der Waals surface area contributed by atoms with Crippen LogP contribution in [0.25, 0.3) is 0 Å². The summed E-state index contributed by atoms with van der Waals surface area (Å²) in [7, 11) is 0. The van der Waals surface area contributed by atoms with Crippen LogP contribution in [0.4, 0.5) is 0 Å². The molecule has 0 fully saturated rings. The molecule has 2 nitrogen and oxygen atoms in total. The number of nitrogens with zero attached hydrogens (tertiary/aromatic N) is 1. The summed E-state index contributed by atoms with van der Waals surface area (Å²) >= 11 is 1.95. The second-order valence-electron chi connectivity index (χ2n) is 5.25. The van der Waals surface area contributed by atoms with E-state index in [-0.39, 0.29) is 0 Å². The highest BCUT2D eigenvalue weighted by Crippen LogP contribution is 2.22. The van der Waals surface area contributed by atoms with E-state index in [0.717, 1.165) is 17.9 Å². The lowest BCUT2D eigenvalue weighted by molar-refractivity contribution is 0.480. The van der Waals surface area contributed by atoms with Crippen molar-refractivity contribution in [3.8, 4) is 0 Å². The first-order valence-corrected chi connectivity index (χ1v) is 6.88. The minimum Gasteiger partial charge on any atom is -0.330 e. The molecule has 0 saturated heterocycles. The fourth-order valence-electron chi connectivity index (χ4n) is 1.32. The van der Waals surface area contributed by atoms with E-state index < -0.39 is 0 Å². The van der Waals surface area contributed by atoms with Crippen molar-refractivity contribution in [3.63, 3.8) is 0 Å². The molecule has 3 heteroatoms. The lowest BCUT2D eigenvalue weighted by atomic mass is 10.0. The molecule has 0 unspecified atom stereocenters. The largest absolute Gasteiger partial charge is 0.330 e. The smallest absolute Gasteiger partial charge is 0.0502 e. The number of thioether (sulfide) groups is 1. The third kappa shape index (κ3) is 5.52. The van der Waals surface area contributed by atoms with E-state index in [2.05, 4.69) is 37.9 Å². The second-order valence-corrected chi connectivity index (χ2v) is 6.24. The van der Waals surface area contributed by atoms with Gasteiger partial charge in [0.1, 0.15) is 0 Å². The molecule has 1 aromatic rings. The molecule has 0 aliphatic carbocycles. The highest BCUT2D eigenvalue weighted by Gasteiger charge is 2.09. The van der Waals surface area contributed by atoms with E-state index in [1.165, 1.54) is 11.3 Å². The van der Waals surface area contributed by atoms with Crippen LogP contribution in [0, 0.1) is 5.41 Å². The Bertz CT molecular complexity index is 301. The van der Waals surface area contributed by atoms with Crippen molar-refractivity contribution >= 4 is 11.8 Å². The molecule has 0 aliphatic rings. The molecule has 0 atom stereocenters. The van der Waals surface area contributed by atoms with Crippen molar-refractivity contribution in [1.29, 1.82) is 0 Å². The predicted molar refractivity (Wildman–Crippen MR) is 72.6 cm³/mol. The van der Waals surface area contributed by atoms with E-state index in [1.807, 2.05) is 18.0 Å². The molecule has 0 saturated carbocycles. The third-order valence-electron chi connectivity index (χ3n) is 2.10. The van der Waals surface area contributed by atoms with Gasteiger partial charge < -0.3 is 5.73 Å². The fourth-order valence-corrected chi connectivity index (χ4v) is 2.41. The maximum absolute atomic E-state index is 5.49. The number of hydrogen-bond acceptors (Lipinski definition) is 3. The molecule has 0 radical (unpaired) electrons. The van der Waals surface area contributed by atoms with Crippen molar-refractivity contribution in [3.05, 3.63) is 29.6 Å². The van der Waals surface area contributed by atoms with Gasteiger partial charge in [0.15, 0.2) is 0 Å². The summed E-state index contributed by atoms with van der Waals surface area (Å²) in [6, 6.07) is 4.24. The average Bonchev–Trinajstić information content (AvgIpc) is 2.19. The van der Waals surface area contributed by atoms with Crippen LogP contribution >= 0.6 is 11.8 Å². The van der Waals surface area contributed by atoms with Gasteiger partial charge in [-0.15, -0.1) is 0 Å². The summed E-state index contributed by atoms with van der Waals surface area (Å²) in [5, 5.41) is 0. The molecule has 0 aliphatic heterocycles. The Morgan fingerprint density at radius 1 is 1.31 bits per heavy atom. The topological polar surface area (TPSA) is 38.9 Å². The minimum absolute atomic E-state index is 0.393.